The summed E-state index contributed by atoms with van der Waals surface area (Å²) >= 11 is 10.4. The lowest BCUT2D eigenvalue weighted by Gasteiger charge is -2.37. The Bertz CT molecular complexity index is 508. The Hall–Kier alpha value is -0.710. The van der Waals surface area contributed by atoms with E-state index < -0.39 is 0 Å². The number of morpholine rings is 1. The third kappa shape index (κ3) is 2.49. The van der Waals surface area contributed by atoms with Gasteiger partial charge in [-0.05, 0) is 37.5 Å². The van der Waals surface area contributed by atoms with E-state index >= 15 is 0 Å². The quantitative estimate of drug-likeness (QED) is 0.808. The number of thiol groups is 1. The molecule has 0 aromatic heterocycles. The Balaban J connectivity index is 1.88. The van der Waals surface area contributed by atoms with Crippen molar-refractivity contribution in [2.75, 3.05) is 13.2 Å². The second-order valence-corrected chi connectivity index (χ2v) is 5.99. The average Bonchev–Trinajstić information content (AvgIpc) is 2.89. The summed E-state index contributed by atoms with van der Waals surface area (Å²) in [5.41, 5.74) is 0.543. The lowest BCUT2D eigenvalue weighted by atomic mass is 10.1. The molecule has 1 aliphatic heterocycles. The van der Waals surface area contributed by atoms with E-state index in [1.54, 1.807) is 18.2 Å². The maximum Gasteiger partial charge on any atom is 0.255 e. The van der Waals surface area contributed by atoms with Crippen LogP contribution in [0.4, 0.5) is 0 Å². The average molecular weight is 298 g/mol. The summed E-state index contributed by atoms with van der Waals surface area (Å²) in [6.07, 6.45) is 3.40. The van der Waals surface area contributed by atoms with Crippen LogP contribution in [0.2, 0.25) is 5.02 Å². The second-order valence-electron chi connectivity index (χ2n) is 5.07. The third-order valence-corrected chi connectivity index (χ3v) is 4.53. The van der Waals surface area contributed by atoms with Gasteiger partial charge in [0.05, 0.1) is 29.3 Å². The standard InChI is InChI=1S/C14H16ClNO2S/c15-11-5-4-9(19)8-10(11)14(17)16-6-7-18-13-3-1-2-12(13)16/h4-5,8,12-13,19H,1-3,6-7H2. The van der Waals surface area contributed by atoms with Gasteiger partial charge in [-0.1, -0.05) is 11.6 Å². The highest BCUT2D eigenvalue weighted by Gasteiger charge is 2.38. The molecular formula is C14H16ClNO2S. The van der Waals surface area contributed by atoms with Crippen molar-refractivity contribution in [2.24, 2.45) is 0 Å². The van der Waals surface area contributed by atoms with Gasteiger partial charge in [-0.3, -0.25) is 4.79 Å². The van der Waals surface area contributed by atoms with Gasteiger partial charge < -0.3 is 9.64 Å². The number of carbonyl (C=O) groups is 1. The first-order valence-corrected chi connectivity index (χ1v) is 7.40. The number of ether oxygens (including phenoxy) is 1. The highest BCUT2D eigenvalue weighted by molar-refractivity contribution is 7.80. The van der Waals surface area contributed by atoms with Crippen LogP contribution in [0.5, 0.6) is 0 Å². The summed E-state index contributed by atoms with van der Waals surface area (Å²) in [4.78, 5) is 15.3. The number of nitrogens with zero attached hydrogens (tertiary/aromatic N) is 1. The summed E-state index contributed by atoms with van der Waals surface area (Å²) in [6.45, 7) is 1.26. The Kier molecular flexibility index (Phi) is 3.74. The molecule has 1 aromatic carbocycles. The molecule has 2 unspecified atom stereocenters. The van der Waals surface area contributed by atoms with Crippen LogP contribution in [0.1, 0.15) is 29.6 Å². The molecule has 1 heterocycles. The molecule has 3 rings (SSSR count). The zero-order valence-electron chi connectivity index (χ0n) is 10.5. The number of carbonyl (C=O) groups excluding carboxylic acids is 1. The third-order valence-electron chi connectivity index (χ3n) is 3.92. The van der Waals surface area contributed by atoms with Crippen LogP contribution in [0, 0.1) is 0 Å². The lowest BCUT2D eigenvalue weighted by Crippen LogP contribution is -2.51. The Morgan fingerprint density at radius 3 is 3.11 bits per heavy atom. The van der Waals surface area contributed by atoms with Crippen LogP contribution in [-0.2, 0) is 4.74 Å². The molecule has 1 aliphatic carbocycles. The molecule has 2 fully saturated rings. The minimum absolute atomic E-state index is 0.00102. The first kappa shape index (κ1) is 13.3. The van der Waals surface area contributed by atoms with E-state index in [9.17, 15) is 4.79 Å². The smallest absolute Gasteiger partial charge is 0.255 e. The van der Waals surface area contributed by atoms with Crippen LogP contribution in [0.25, 0.3) is 0 Å². The fourth-order valence-corrected chi connectivity index (χ4v) is 3.41. The first-order valence-electron chi connectivity index (χ1n) is 6.58. The van der Waals surface area contributed by atoms with Crippen molar-refractivity contribution in [3.05, 3.63) is 28.8 Å². The molecule has 3 nitrogen and oxygen atoms in total. The largest absolute Gasteiger partial charge is 0.374 e. The minimum Gasteiger partial charge on any atom is -0.374 e. The predicted octanol–water partition coefficient (Wildman–Crippen LogP) is 3.02. The van der Waals surface area contributed by atoms with E-state index in [4.69, 9.17) is 16.3 Å². The molecule has 1 amide bonds. The second kappa shape index (κ2) is 5.35. The summed E-state index contributed by atoms with van der Waals surface area (Å²) in [7, 11) is 0. The van der Waals surface area contributed by atoms with Crippen LogP contribution < -0.4 is 0 Å². The highest BCUT2D eigenvalue weighted by Crippen LogP contribution is 2.32. The Labute approximate surface area is 123 Å². The van der Waals surface area contributed by atoms with Gasteiger partial charge in [0.25, 0.3) is 5.91 Å². The van der Waals surface area contributed by atoms with Crippen LogP contribution in [-0.4, -0.2) is 36.1 Å². The SMILES string of the molecule is O=C(c1cc(S)ccc1Cl)N1CCOC2CCCC21. The van der Waals surface area contributed by atoms with Gasteiger partial charge in [-0.25, -0.2) is 0 Å². The summed E-state index contributed by atoms with van der Waals surface area (Å²) in [5, 5.41) is 0.490. The van der Waals surface area contributed by atoms with E-state index in [2.05, 4.69) is 12.6 Å². The van der Waals surface area contributed by atoms with Crippen LogP contribution >= 0.6 is 24.2 Å². The van der Waals surface area contributed by atoms with E-state index in [1.807, 2.05) is 4.90 Å². The predicted molar refractivity (Wildman–Crippen MR) is 77.1 cm³/mol. The highest BCUT2D eigenvalue weighted by atomic mass is 35.5. The molecule has 19 heavy (non-hydrogen) atoms. The molecule has 0 bridgehead atoms. The molecule has 0 spiro atoms. The number of benzene rings is 1. The molecule has 2 atom stereocenters. The van der Waals surface area contributed by atoms with Gasteiger partial charge >= 0.3 is 0 Å². The molecular weight excluding hydrogens is 282 g/mol. The lowest BCUT2D eigenvalue weighted by molar-refractivity contribution is -0.0445. The summed E-state index contributed by atoms with van der Waals surface area (Å²) < 4.78 is 5.73. The molecule has 1 saturated heterocycles. The van der Waals surface area contributed by atoms with E-state index in [0.717, 1.165) is 24.2 Å². The van der Waals surface area contributed by atoms with Crippen molar-refractivity contribution >= 4 is 30.1 Å². The molecule has 102 valence electrons. The van der Waals surface area contributed by atoms with E-state index in [-0.39, 0.29) is 18.1 Å². The van der Waals surface area contributed by atoms with Crippen LogP contribution in [0.15, 0.2) is 23.1 Å². The van der Waals surface area contributed by atoms with Crippen LogP contribution in [0.3, 0.4) is 0 Å². The Morgan fingerprint density at radius 2 is 2.26 bits per heavy atom. The molecule has 0 N–H and O–H groups in total. The first-order chi connectivity index (χ1) is 9.16. The van der Waals surface area contributed by atoms with Gasteiger partial charge in [0.1, 0.15) is 0 Å². The fraction of sp³-hybridized carbons (Fsp3) is 0.500. The number of hydrogen-bond acceptors (Lipinski definition) is 3. The van der Waals surface area contributed by atoms with E-state index in [1.165, 1.54) is 0 Å². The number of rotatable bonds is 1. The number of amides is 1. The van der Waals surface area contributed by atoms with Crippen molar-refractivity contribution in [3.8, 4) is 0 Å². The van der Waals surface area contributed by atoms with Gasteiger partial charge in [0.2, 0.25) is 0 Å². The fourth-order valence-electron chi connectivity index (χ4n) is 3.01. The molecule has 1 aromatic rings. The van der Waals surface area contributed by atoms with Gasteiger partial charge in [0, 0.05) is 11.4 Å². The summed E-state index contributed by atoms with van der Waals surface area (Å²) in [5.74, 6) is 0.00102. The van der Waals surface area contributed by atoms with Crippen molar-refractivity contribution in [1.82, 2.24) is 4.90 Å². The molecule has 2 aliphatic rings. The monoisotopic (exact) mass is 297 g/mol. The molecule has 1 saturated carbocycles. The van der Waals surface area contributed by atoms with Gasteiger partial charge in [0.15, 0.2) is 0 Å². The topological polar surface area (TPSA) is 29.5 Å². The number of halogens is 1. The normalized spacial score (nSPS) is 26.3. The number of hydrogen-bond donors (Lipinski definition) is 1. The number of fused-ring (bicyclic) bond motifs is 1. The van der Waals surface area contributed by atoms with Crippen molar-refractivity contribution in [1.29, 1.82) is 0 Å². The van der Waals surface area contributed by atoms with Crippen molar-refractivity contribution in [3.63, 3.8) is 0 Å². The Morgan fingerprint density at radius 1 is 1.42 bits per heavy atom. The maximum atomic E-state index is 12.7. The maximum absolute atomic E-state index is 12.7. The van der Waals surface area contributed by atoms with Gasteiger partial charge in [-0.15, -0.1) is 12.6 Å². The van der Waals surface area contributed by atoms with Crippen molar-refractivity contribution in [2.45, 2.75) is 36.3 Å². The summed E-state index contributed by atoms with van der Waals surface area (Å²) in [6, 6.07) is 5.47. The van der Waals surface area contributed by atoms with Gasteiger partial charge in [-0.2, -0.15) is 0 Å². The zero-order valence-corrected chi connectivity index (χ0v) is 12.2. The zero-order chi connectivity index (χ0) is 13.4. The van der Waals surface area contributed by atoms with E-state index in [0.29, 0.717) is 23.7 Å². The minimum atomic E-state index is 0.00102. The van der Waals surface area contributed by atoms with Crippen molar-refractivity contribution < 1.29 is 9.53 Å². The molecule has 0 radical (unpaired) electrons. The molecule has 5 heteroatoms.